The lowest BCUT2D eigenvalue weighted by atomic mass is 10.0. The molecule has 4 nitrogen and oxygen atoms in total. The Bertz CT molecular complexity index is 470. The number of ether oxygens (including phenoxy) is 3. The number of carbonyl (C=O) groups is 1. The van der Waals surface area contributed by atoms with E-state index in [4.69, 9.17) is 14.2 Å². The molecule has 0 N–H and O–H groups in total. The van der Waals surface area contributed by atoms with Crippen LogP contribution < -0.4 is 9.47 Å². The van der Waals surface area contributed by atoms with Crippen LogP contribution in [-0.2, 0) is 4.74 Å². The van der Waals surface area contributed by atoms with Gasteiger partial charge in [0, 0.05) is 5.56 Å². The minimum atomic E-state index is -0.322. The molecule has 110 valence electrons. The summed E-state index contributed by atoms with van der Waals surface area (Å²) in [5.41, 5.74) is 0.621. The van der Waals surface area contributed by atoms with Crippen molar-refractivity contribution in [1.82, 2.24) is 0 Å². The molecule has 1 aromatic carbocycles. The second-order valence-electron chi connectivity index (χ2n) is 4.90. The number of carbonyl (C=O) groups excluding carboxylic acids is 1. The van der Waals surface area contributed by atoms with Crippen molar-refractivity contribution in [3.63, 3.8) is 0 Å². The number of benzene rings is 1. The first-order chi connectivity index (χ1) is 9.65. The standard InChI is InChI=1S/C16H22O4/c1-4-18-13-9-7-12(10-15(13)19-5-2)16(17)14-8-6-11(3)20-14/h7,9-11,14H,4-6,8H2,1-3H3. The molecule has 1 aliphatic heterocycles. The lowest BCUT2D eigenvalue weighted by Crippen LogP contribution is -2.20. The minimum Gasteiger partial charge on any atom is -0.490 e. The molecular weight excluding hydrogens is 256 g/mol. The Morgan fingerprint density at radius 1 is 1.20 bits per heavy atom. The Labute approximate surface area is 120 Å². The van der Waals surface area contributed by atoms with Gasteiger partial charge in [0.05, 0.1) is 19.3 Å². The van der Waals surface area contributed by atoms with Crippen molar-refractivity contribution >= 4 is 5.78 Å². The Balaban J connectivity index is 2.19. The van der Waals surface area contributed by atoms with E-state index in [-0.39, 0.29) is 18.0 Å². The molecule has 20 heavy (non-hydrogen) atoms. The van der Waals surface area contributed by atoms with E-state index in [2.05, 4.69) is 0 Å². The monoisotopic (exact) mass is 278 g/mol. The van der Waals surface area contributed by atoms with E-state index in [1.807, 2.05) is 20.8 Å². The fourth-order valence-corrected chi connectivity index (χ4v) is 2.39. The molecule has 1 saturated heterocycles. The van der Waals surface area contributed by atoms with Gasteiger partial charge in [-0.05, 0) is 51.8 Å². The van der Waals surface area contributed by atoms with E-state index in [1.165, 1.54) is 0 Å². The van der Waals surface area contributed by atoms with Gasteiger partial charge in [-0.25, -0.2) is 0 Å². The van der Waals surface area contributed by atoms with Gasteiger partial charge in [-0.1, -0.05) is 0 Å². The summed E-state index contributed by atoms with van der Waals surface area (Å²) in [6.45, 7) is 6.93. The molecule has 1 fully saturated rings. The summed E-state index contributed by atoms with van der Waals surface area (Å²) >= 11 is 0. The number of hydrogen-bond donors (Lipinski definition) is 0. The topological polar surface area (TPSA) is 44.8 Å². The third-order valence-corrected chi connectivity index (χ3v) is 3.35. The first kappa shape index (κ1) is 14.9. The van der Waals surface area contributed by atoms with Crippen molar-refractivity contribution in [3.05, 3.63) is 23.8 Å². The summed E-state index contributed by atoms with van der Waals surface area (Å²) in [4.78, 5) is 12.4. The molecule has 0 aliphatic carbocycles. The van der Waals surface area contributed by atoms with E-state index in [9.17, 15) is 4.79 Å². The number of hydrogen-bond acceptors (Lipinski definition) is 4. The van der Waals surface area contributed by atoms with Crippen molar-refractivity contribution in [2.75, 3.05) is 13.2 Å². The smallest absolute Gasteiger partial charge is 0.191 e. The average molecular weight is 278 g/mol. The molecule has 2 rings (SSSR count). The fourth-order valence-electron chi connectivity index (χ4n) is 2.39. The molecule has 0 amide bonds. The summed E-state index contributed by atoms with van der Waals surface area (Å²) in [5.74, 6) is 1.32. The number of Topliss-reactive ketones (excluding diaryl/α,β-unsaturated/α-hetero) is 1. The van der Waals surface area contributed by atoms with E-state index in [0.717, 1.165) is 12.8 Å². The van der Waals surface area contributed by atoms with Gasteiger partial charge in [0.25, 0.3) is 0 Å². The zero-order valence-electron chi connectivity index (χ0n) is 12.3. The highest BCUT2D eigenvalue weighted by atomic mass is 16.5. The highest BCUT2D eigenvalue weighted by Crippen LogP contribution is 2.30. The van der Waals surface area contributed by atoms with Crippen LogP contribution in [0.5, 0.6) is 11.5 Å². The second kappa shape index (κ2) is 6.75. The quantitative estimate of drug-likeness (QED) is 0.749. The molecule has 1 aromatic rings. The van der Waals surface area contributed by atoms with Crippen LogP contribution in [0.2, 0.25) is 0 Å². The van der Waals surface area contributed by atoms with Crippen molar-refractivity contribution in [1.29, 1.82) is 0 Å². The molecule has 1 aliphatic rings. The van der Waals surface area contributed by atoms with Crippen LogP contribution in [0.3, 0.4) is 0 Å². The van der Waals surface area contributed by atoms with Crippen molar-refractivity contribution in [3.8, 4) is 11.5 Å². The van der Waals surface area contributed by atoms with Crippen LogP contribution >= 0.6 is 0 Å². The van der Waals surface area contributed by atoms with Crippen LogP contribution in [0.1, 0.15) is 44.0 Å². The fraction of sp³-hybridized carbons (Fsp3) is 0.562. The van der Waals surface area contributed by atoms with Crippen molar-refractivity contribution in [2.24, 2.45) is 0 Å². The summed E-state index contributed by atoms with van der Waals surface area (Å²) in [7, 11) is 0. The molecule has 0 aromatic heterocycles. The second-order valence-corrected chi connectivity index (χ2v) is 4.90. The molecule has 0 bridgehead atoms. The molecule has 4 heteroatoms. The third-order valence-electron chi connectivity index (χ3n) is 3.35. The maximum atomic E-state index is 12.4. The Morgan fingerprint density at radius 2 is 1.90 bits per heavy atom. The minimum absolute atomic E-state index is 0.0263. The first-order valence-corrected chi connectivity index (χ1v) is 7.25. The summed E-state index contributed by atoms with van der Waals surface area (Å²) in [6.07, 6.45) is 1.57. The SMILES string of the molecule is CCOc1ccc(C(=O)C2CCC(C)O2)cc1OCC. The highest BCUT2D eigenvalue weighted by Gasteiger charge is 2.29. The largest absolute Gasteiger partial charge is 0.490 e. The Morgan fingerprint density at radius 3 is 2.50 bits per heavy atom. The van der Waals surface area contributed by atoms with Gasteiger partial charge >= 0.3 is 0 Å². The predicted octanol–water partition coefficient (Wildman–Crippen LogP) is 3.23. The predicted molar refractivity (Wildman–Crippen MR) is 76.7 cm³/mol. The van der Waals surface area contributed by atoms with Gasteiger partial charge in [0.15, 0.2) is 17.3 Å². The van der Waals surface area contributed by atoms with E-state index in [0.29, 0.717) is 30.3 Å². The van der Waals surface area contributed by atoms with E-state index >= 15 is 0 Å². The third kappa shape index (κ3) is 3.31. The highest BCUT2D eigenvalue weighted by molar-refractivity contribution is 6.00. The van der Waals surface area contributed by atoms with Crippen LogP contribution in [0.25, 0.3) is 0 Å². The van der Waals surface area contributed by atoms with Gasteiger partial charge in [0.1, 0.15) is 6.10 Å². The summed E-state index contributed by atoms with van der Waals surface area (Å²) < 4.78 is 16.7. The first-order valence-electron chi connectivity index (χ1n) is 7.25. The molecule has 0 spiro atoms. The lowest BCUT2D eigenvalue weighted by Gasteiger charge is -2.14. The van der Waals surface area contributed by atoms with Gasteiger partial charge in [-0.3, -0.25) is 4.79 Å². The lowest BCUT2D eigenvalue weighted by molar-refractivity contribution is 0.0433. The van der Waals surface area contributed by atoms with Crippen molar-refractivity contribution in [2.45, 2.75) is 45.8 Å². The van der Waals surface area contributed by atoms with Crippen LogP contribution in [0.15, 0.2) is 18.2 Å². The molecule has 1 heterocycles. The maximum Gasteiger partial charge on any atom is 0.191 e. The van der Waals surface area contributed by atoms with Gasteiger partial charge in [-0.15, -0.1) is 0 Å². The van der Waals surface area contributed by atoms with Gasteiger partial charge in [0.2, 0.25) is 0 Å². The van der Waals surface area contributed by atoms with Crippen LogP contribution in [0, 0.1) is 0 Å². The van der Waals surface area contributed by atoms with Crippen LogP contribution in [0.4, 0.5) is 0 Å². The molecule has 0 radical (unpaired) electrons. The number of ketones is 1. The maximum absolute atomic E-state index is 12.4. The molecule has 2 unspecified atom stereocenters. The van der Waals surface area contributed by atoms with Gasteiger partial charge < -0.3 is 14.2 Å². The summed E-state index contributed by atoms with van der Waals surface area (Å²) in [5, 5.41) is 0. The normalized spacial score (nSPS) is 21.8. The van der Waals surface area contributed by atoms with E-state index < -0.39 is 0 Å². The molecular formula is C16H22O4. The number of rotatable bonds is 6. The van der Waals surface area contributed by atoms with Crippen molar-refractivity contribution < 1.29 is 19.0 Å². The Hall–Kier alpha value is -1.55. The Kier molecular flexibility index (Phi) is 5.01. The van der Waals surface area contributed by atoms with E-state index in [1.54, 1.807) is 18.2 Å². The van der Waals surface area contributed by atoms with Crippen LogP contribution in [-0.4, -0.2) is 31.2 Å². The zero-order chi connectivity index (χ0) is 14.5. The zero-order valence-corrected chi connectivity index (χ0v) is 12.3. The summed E-state index contributed by atoms with van der Waals surface area (Å²) in [6, 6.07) is 5.32. The molecule has 2 atom stereocenters. The van der Waals surface area contributed by atoms with Gasteiger partial charge in [-0.2, -0.15) is 0 Å². The molecule has 0 saturated carbocycles. The average Bonchev–Trinajstić information content (AvgIpc) is 2.87.